The van der Waals surface area contributed by atoms with E-state index < -0.39 is 5.79 Å². The summed E-state index contributed by atoms with van der Waals surface area (Å²) < 4.78 is 12.1. The number of rotatable bonds is 10. The van der Waals surface area contributed by atoms with Gasteiger partial charge in [0, 0.05) is 17.6 Å². The van der Waals surface area contributed by atoms with E-state index in [4.69, 9.17) is 9.47 Å². The molecule has 0 N–H and O–H groups in total. The fourth-order valence-corrected chi connectivity index (χ4v) is 3.85. The molecule has 0 radical (unpaired) electrons. The highest BCUT2D eigenvalue weighted by Gasteiger charge is 2.70. The van der Waals surface area contributed by atoms with Crippen molar-refractivity contribution in [3.05, 3.63) is 29.8 Å². The van der Waals surface area contributed by atoms with Gasteiger partial charge in [0.2, 0.25) is 5.79 Å². The van der Waals surface area contributed by atoms with Crippen LogP contribution in [0.3, 0.4) is 0 Å². The molecule has 0 aliphatic carbocycles. The van der Waals surface area contributed by atoms with Gasteiger partial charge in [-0.25, -0.2) is 0 Å². The van der Waals surface area contributed by atoms with Crippen LogP contribution in [-0.2, 0) is 15.3 Å². The smallest absolute Gasteiger partial charge is 0.225 e. The Balaban J connectivity index is 2.03. The normalized spacial score (nSPS) is 27.1. The molecule has 1 saturated heterocycles. The number of hydrogen-bond acceptors (Lipinski definition) is 3. The summed E-state index contributed by atoms with van der Waals surface area (Å²) in [6.07, 6.45) is 10.7. The SMILES string of the molecule is CCCCCCCC1(CC)OC1(OC)c1ccc(SC)cc1. The second-order valence-corrected chi connectivity index (χ2v) is 7.04. The van der Waals surface area contributed by atoms with Crippen LogP contribution in [0.15, 0.2) is 29.2 Å². The zero-order valence-electron chi connectivity index (χ0n) is 14.5. The van der Waals surface area contributed by atoms with Crippen LogP contribution in [0.2, 0.25) is 0 Å². The lowest BCUT2D eigenvalue weighted by Crippen LogP contribution is -2.25. The van der Waals surface area contributed by atoms with Crippen LogP contribution in [0, 0.1) is 0 Å². The minimum absolute atomic E-state index is 0.130. The topological polar surface area (TPSA) is 21.8 Å². The Morgan fingerprint density at radius 1 is 1.05 bits per heavy atom. The van der Waals surface area contributed by atoms with Gasteiger partial charge in [-0.3, -0.25) is 0 Å². The highest BCUT2D eigenvalue weighted by molar-refractivity contribution is 7.98. The average molecular weight is 323 g/mol. The predicted octanol–water partition coefficient (Wildman–Crippen LogP) is 5.75. The van der Waals surface area contributed by atoms with Crippen LogP contribution in [0.1, 0.15) is 64.4 Å². The van der Waals surface area contributed by atoms with Gasteiger partial charge >= 0.3 is 0 Å². The van der Waals surface area contributed by atoms with E-state index in [-0.39, 0.29) is 5.60 Å². The third-order valence-corrected chi connectivity index (χ3v) is 5.65. The van der Waals surface area contributed by atoms with Crippen molar-refractivity contribution in [1.82, 2.24) is 0 Å². The van der Waals surface area contributed by atoms with Crippen molar-refractivity contribution in [2.24, 2.45) is 0 Å². The molecule has 1 aromatic carbocycles. The molecular formula is C19H30O2S. The second kappa shape index (κ2) is 7.85. The van der Waals surface area contributed by atoms with E-state index in [9.17, 15) is 0 Å². The summed E-state index contributed by atoms with van der Waals surface area (Å²) in [5.74, 6) is -0.524. The molecule has 2 unspecified atom stereocenters. The second-order valence-electron chi connectivity index (χ2n) is 6.16. The summed E-state index contributed by atoms with van der Waals surface area (Å²) >= 11 is 1.76. The van der Waals surface area contributed by atoms with Gasteiger partial charge < -0.3 is 9.47 Å². The first kappa shape index (κ1) is 17.8. The van der Waals surface area contributed by atoms with Crippen LogP contribution < -0.4 is 0 Å². The molecule has 0 aromatic heterocycles. The van der Waals surface area contributed by atoms with E-state index in [0.717, 1.165) is 18.4 Å². The van der Waals surface area contributed by atoms with E-state index in [1.807, 2.05) is 0 Å². The van der Waals surface area contributed by atoms with E-state index in [1.54, 1.807) is 18.9 Å². The Kier molecular flexibility index (Phi) is 6.36. The van der Waals surface area contributed by atoms with Gasteiger partial charge in [-0.05, 0) is 31.2 Å². The summed E-state index contributed by atoms with van der Waals surface area (Å²) in [7, 11) is 1.77. The highest BCUT2D eigenvalue weighted by Crippen LogP contribution is 2.60. The summed E-state index contributed by atoms with van der Waals surface area (Å²) in [4.78, 5) is 1.28. The number of ether oxygens (including phenoxy) is 2. The maximum absolute atomic E-state index is 6.23. The molecule has 124 valence electrons. The zero-order chi connectivity index (χ0) is 16.1. The van der Waals surface area contributed by atoms with Crippen molar-refractivity contribution < 1.29 is 9.47 Å². The fraction of sp³-hybridized carbons (Fsp3) is 0.684. The molecule has 0 spiro atoms. The average Bonchev–Trinajstić information content (AvgIpc) is 3.24. The number of thioether (sulfide) groups is 1. The molecule has 0 amide bonds. The minimum atomic E-state index is -0.524. The predicted molar refractivity (Wildman–Crippen MR) is 94.4 cm³/mol. The van der Waals surface area contributed by atoms with Gasteiger partial charge in [-0.1, -0.05) is 58.1 Å². The van der Waals surface area contributed by atoms with E-state index in [1.165, 1.54) is 37.0 Å². The van der Waals surface area contributed by atoms with E-state index in [2.05, 4.69) is 44.4 Å². The molecule has 2 nitrogen and oxygen atoms in total. The Labute approximate surface area is 140 Å². The van der Waals surface area contributed by atoms with E-state index in [0.29, 0.717) is 0 Å². The molecule has 1 aliphatic rings. The molecule has 0 bridgehead atoms. The number of methoxy groups -OCH3 is 1. The number of benzene rings is 1. The lowest BCUT2D eigenvalue weighted by Gasteiger charge is -2.18. The van der Waals surface area contributed by atoms with Gasteiger partial charge in [0.25, 0.3) is 0 Å². The Bertz CT molecular complexity index is 459. The lowest BCUT2D eigenvalue weighted by molar-refractivity contribution is -0.0152. The monoisotopic (exact) mass is 322 g/mol. The van der Waals surface area contributed by atoms with Crippen LogP contribution in [0.25, 0.3) is 0 Å². The van der Waals surface area contributed by atoms with Crippen molar-refractivity contribution in [1.29, 1.82) is 0 Å². The molecule has 2 atom stereocenters. The molecule has 2 rings (SSSR count). The van der Waals surface area contributed by atoms with Crippen LogP contribution in [0.5, 0.6) is 0 Å². The molecule has 1 fully saturated rings. The van der Waals surface area contributed by atoms with Crippen molar-refractivity contribution in [3.8, 4) is 0 Å². The molecule has 22 heavy (non-hydrogen) atoms. The molecular weight excluding hydrogens is 292 g/mol. The first-order valence-electron chi connectivity index (χ1n) is 8.58. The molecule has 1 heterocycles. The lowest BCUT2D eigenvalue weighted by atomic mass is 9.88. The maximum Gasteiger partial charge on any atom is 0.225 e. The van der Waals surface area contributed by atoms with Crippen molar-refractivity contribution in [2.45, 2.75) is 75.1 Å². The number of unbranched alkanes of at least 4 members (excludes halogenated alkanes) is 4. The van der Waals surface area contributed by atoms with Gasteiger partial charge in [-0.2, -0.15) is 0 Å². The summed E-state index contributed by atoms with van der Waals surface area (Å²) in [5.41, 5.74) is 1.03. The fourth-order valence-electron chi connectivity index (χ4n) is 3.44. The number of hydrogen-bond donors (Lipinski definition) is 0. The zero-order valence-corrected chi connectivity index (χ0v) is 15.3. The Morgan fingerprint density at radius 2 is 1.73 bits per heavy atom. The third-order valence-electron chi connectivity index (χ3n) is 4.91. The first-order chi connectivity index (χ1) is 10.7. The van der Waals surface area contributed by atoms with Crippen molar-refractivity contribution in [2.75, 3.05) is 13.4 Å². The van der Waals surface area contributed by atoms with Crippen LogP contribution in [0.4, 0.5) is 0 Å². The Morgan fingerprint density at radius 3 is 2.27 bits per heavy atom. The third kappa shape index (κ3) is 3.37. The summed E-state index contributed by atoms with van der Waals surface area (Å²) in [6, 6.07) is 8.63. The Hall–Kier alpha value is -0.510. The largest absolute Gasteiger partial charge is 0.347 e. The highest BCUT2D eigenvalue weighted by atomic mass is 32.2. The van der Waals surface area contributed by atoms with Gasteiger partial charge in [-0.15, -0.1) is 11.8 Å². The summed E-state index contributed by atoms with van der Waals surface area (Å²) in [6.45, 7) is 4.47. The van der Waals surface area contributed by atoms with Crippen LogP contribution in [-0.4, -0.2) is 19.0 Å². The van der Waals surface area contributed by atoms with Gasteiger partial charge in [0.05, 0.1) is 0 Å². The quantitative estimate of drug-likeness (QED) is 0.311. The first-order valence-corrected chi connectivity index (χ1v) is 9.80. The summed E-state index contributed by atoms with van der Waals surface area (Å²) in [5, 5.41) is 0. The molecule has 1 aliphatic heterocycles. The molecule has 3 heteroatoms. The molecule has 1 aromatic rings. The van der Waals surface area contributed by atoms with Gasteiger partial charge in [0.1, 0.15) is 5.60 Å². The standard InChI is InChI=1S/C19H30O2S/c1-5-7-8-9-10-15-18(6-2)19(20-3,21-18)16-11-13-17(22-4)14-12-16/h11-14H,5-10,15H2,1-4H3. The van der Waals surface area contributed by atoms with Crippen molar-refractivity contribution in [3.63, 3.8) is 0 Å². The number of epoxide rings is 1. The van der Waals surface area contributed by atoms with Gasteiger partial charge in [0.15, 0.2) is 0 Å². The minimum Gasteiger partial charge on any atom is -0.347 e. The van der Waals surface area contributed by atoms with E-state index >= 15 is 0 Å². The van der Waals surface area contributed by atoms with Crippen LogP contribution >= 0.6 is 11.8 Å². The maximum atomic E-state index is 6.23. The molecule has 0 saturated carbocycles. The van der Waals surface area contributed by atoms with Crippen molar-refractivity contribution >= 4 is 11.8 Å².